The van der Waals surface area contributed by atoms with E-state index in [-0.39, 0.29) is 18.2 Å². The second-order valence-corrected chi connectivity index (χ2v) is 4.83. The van der Waals surface area contributed by atoms with Crippen LogP contribution in [0.25, 0.3) is 0 Å². The topological polar surface area (TPSA) is 50.4 Å². The molecule has 0 saturated carbocycles. The van der Waals surface area contributed by atoms with Crippen LogP contribution in [0.3, 0.4) is 0 Å². The monoisotopic (exact) mass is 320 g/mol. The number of nitrogens with one attached hydrogen (secondary N) is 2. The van der Waals surface area contributed by atoms with E-state index in [9.17, 15) is 13.6 Å². The summed E-state index contributed by atoms with van der Waals surface area (Å²) in [5.74, 6) is -0.270. The summed E-state index contributed by atoms with van der Waals surface area (Å²) in [4.78, 5) is 12.0. The van der Waals surface area contributed by atoms with Crippen LogP contribution < -0.4 is 15.4 Å². The average molecular weight is 320 g/mol. The largest absolute Gasteiger partial charge is 0.433 e. The van der Waals surface area contributed by atoms with Gasteiger partial charge in [0, 0.05) is 5.69 Å². The molecule has 6 heteroatoms. The number of halogens is 2. The van der Waals surface area contributed by atoms with Gasteiger partial charge in [-0.1, -0.05) is 31.2 Å². The normalized spacial score (nSPS) is 10.4. The number of ether oxygens (including phenoxy) is 1. The van der Waals surface area contributed by atoms with Crippen molar-refractivity contribution >= 4 is 17.3 Å². The number of carbonyl (C=O) groups excluding carboxylic acids is 1. The molecule has 1 amide bonds. The molecule has 0 radical (unpaired) electrons. The number of benzene rings is 2. The maximum Gasteiger partial charge on any atom is 0.387 e. The lowest BCUT2D eigenvalue weighted by atomic mass is 10.1. The van der Waals surface area contributed by atoms with Crippen LogP contribution in [0.15, 0.2) is 48.5 Å². The number of anilines is 2. The van der Waals surface area contributed by atoms with Gasteiger partial charge in [0.15, 0.2) is 0 Å². The molecule has 2 aromatic rings. The van der Waals surface area contributed by atoms with Crippen LogP contribution in [-0.4, -0.2) is 19.1 Å². The Bertz CT molecular complexity index is 663. The molecule has 2 N–H and O–H groups in total. The average Bonchev–Trinajstić information content (AvgIpc) is 2.53. The number of rotatable bonds is 7. The van der Waals surface area contributed by atoms with Gasteiger partial charge in [-0.3, -0.25) is 4.79 Å². The lowest BCUT2D eigenvalue weighted by Gasteiger charge is -2.12. The Labute approximate surface area is 133 Å². The fourth-order valence-electron chi connectivity index (χ4n) is 2.06. The van der Waals surface area contributed by atoms with E-state index in [1.165, 1.54) is 6.07 Å². The molecule has 23 heavy (non-hydrogen) atoms. The van der Waals surface area contributed by atoms with Gasteiger partial charge in [-0.2, -0.15) is 8.78 Å². The highest BCUT2D eigenvalue weighted by Gasteiger charge is 2.10. The van der Waals surface area contributed by atoms with Crippen molar-refractivity contribution in [2.75, 3.05) is 17.2 Å². The molecule has 0 atom stereocenters. The van der Waals surface area contributed by atoms with E-state index < -0.39 is 6.61 Å². The highest BCUT2D eigenvalue weighted by Crippen LogP contribution is 2.25. The Morgan fingerprint density at radius 3 is 2.70 bits per heavy atom. The molecule has 0 aliphatic carbocycles. The first-order valence-electron chi connectivity index (χ1n) is 7.25. The van der Waals surface area contributed by atoms with Gasteiger partial charge in [0.2, 0.25) is 5.91 Å². The van der Waals surface area contributed by atoms with Gasteiger partial charge in [0.05, 0.1) is 12.2 Å². The van der Waals surface area contributed by atoms with Crippen LogP contribution in [0, 0.1) is 0 Å². The quantitative estimate of drug-likeness (QED) is 0.813. The maximum absolute atomic E-state index is 12.3. The Kier molecular flexibility index (Phi) is 5.91. The number of carbonyl (C=O) groups is 1. The first-order chi connectivity index (χ1) is 11.1. The van der Waals surface area contributed by atoms with Gasteiger partial charge in [-0.05, 0) is 36.2 Å². The molecular weight excluding hydrogens is 302 g/mol. The number of hydrogen-bond donors (Lipinski definition) is 2. The van der Waals surface area contributed by atoms with Gasteiger partial charge in [0.25, 0.3) is 0 Å². The molecule has 0 aliphatic heterocycles. The van der Waals surface area contributed by atoms with Gasteiger partial charge in [-0.15, -0.1) is 0 Å². The molecule has 4 nitrogen and oxygen atoms in total. The third kappa shape index (κ3) is 5.25. The smallest absolute Gasteiger partial charge is 0.387 e. The van der Waals surface area contributed by atoms with Gasteiger partial charge in [-0.25, -0.2) is 0 Å². The fourth-order valence-corrected chi connectivity index (χ4v) is 2.06. The van der Waals surface area contributed by atoms with E-state index in [4.69, 9.17) is 0 Å². The maximum atomic E-state index is 12.3. The first kappa shape index (κ1) is 16.7. The highest BCUT2D eigenvalue weighted by molar-refractivity contribution is 5.94. The molecule has 0 fully saturated rings. The summed E-state index contributed by atoms with van der Waals surface area (Å²) < 4.78 is 29.1. The number of para-hydroxylation sites is 2. The zero-order valence-corrected chi connectivity index (χ0v) is 12.7. The zero-order chi connectivity index (χ0) is 16.7. The zero-order valence-electron chi connectivity index (χ0n) is 12.7. The second-order valence-electron chi connectivity index (χ2n) is 4.83. The van der Waals surface area contributed by atoms with E-state index in [0.717, 1.165) is 12.0 Å². The van der Waals surface area contributed by atoms with Crippen LogP contribution >= 0.6 is 0 Å². The molecule has 0 unspecified atom stereocenters. The number of hydrogen-bond acceptors (Lipinski definition) is 3. The Morgan fingerprint density at radius 2 is 1.96 bits per heavy atom. The molecule has 0 spiro atoms. The molecule has 0 aliphatic rings. The molecule has 2 aromatic carbocycles. The summed E-state index contributed by atoms with van der Waals surface area (Å²) in [5, 5.41) is 5.55. The van der Waals surface area contributed by atoms with Crippen molar-refractivity contribution in [2.24, 2.45) is 0 Å². The number of aryl methyl sites for hydroxylation is 1. The lowest BCUT2D eigenvalue weighted by Crippen LogP contribution is -2.22. The SMILES string of the molecule is CCc1cccc(NC(=O)CNc2ccccc2OC(F)F)c1. The minimum atomic E-state index is -2.91. The third-order valence-electron chi connectivity index (χ3n) is 3.16. The summed E-state index contributed by atoms with van der Waals surface area (Å²) in [6.45, 7) is -0.939. The Balaban J connectivity index is 1.94. The summed E-state index contributed by atoms with van der Waals surface area (Å²) >= 11 is 0. The fraction of sp³-hybridized carbons (Fsp3) is 0.235. The van der Waals surface area contributed by atoms with Crippen LogP contribution in [0.2, 0.25) is 0 Å². The van der Waals surface area contributed by atoms with Crippen LogP contribution in [0.5, 0.6) is 5.75 Å². The van der Waals surface area contributed by atoms with Crippen molar-refractivity contribution in [2.45, 2.75) is 20.0 Å². The summed E-state index contributed by atoms with van der Waals surface area (Å²) in [6.07, 6.45) is 0.875. The van der Waals surface area contributed by atoms with E-state index in [1.54, 1.807) is 24.3 Å². The molecule has 2 rings (SSSR count). The standard InChI is InChI=1S/C17H18F2N2O2/c1-2-12-6-5-7-13(10-12)21-16(22)11-20-14-8-3-4-9-15(14)23-17(18)19/h3-10,17,20H,2,11H2,1H3,(H,21,22). The minimum Gasteiger partial charge on any atom is -0.433 e. The van der Waals surface area contributed by atoms with Crippen molar-refractivity contribution in [3.63, 3.8) is 0 Å². The summed E-state index contributed by atoms with van der Waals surface area (Å²) in [6, 6.07) is 13.8. The van der Waals surface area contributed by atoms with Gasteiger partial charge < -0.3 is 15.4 Å². The predicted octanol–water partition coefficient (Wildman–Crippen LogP) is 3.90. The molecular formula is C17H18F2N2O2. The predicted molar refractivity (Wildman–Crippen MR) is 86.0 cm³/mol. The lowest BCUT2D eigenvalue weighted by molar-refractivity contribution is -0.114. The molecule has 0 saturated heterocycles. The molecule has 0 aromatic heterocycles. The molecule has 122 valence electrons. The van der Waals surface area contributed by atoms with Gasteiger partial charge >= 0.3 is 6.61 Å². The van der Waals surface area contributed by atoms with Gasteiger partial charge in [0.1, 0.15) is 5.75 Å². The van der Waals surface area contributed by atoms with Crippen molar-refractivity contribution in [3.05, 3.63) is 54.1 Å². The van der Waals surface area contributed by atoms with Crippen molar-refractivity contribution < 1.29 is 18.3 Å². The van der Waals surface area contributed by atoms with Crippen molar-refractivity contribution in [1.82, 2.24) is 0 Å². The summed E-state index contributed by atoms with van der Waals surface area (Å²) in [5.41, 5.74) is 2.16. The number of amides is 1. The molecule has 0 heterocycles. The van der Waals surface area contributed by atoms with Crippen LogP contribution in [0.4, 0.5) is 20.2 Å². The van der Waals surface area contributed by atoms with Crippen LogP contribution in [0.1, 0.15) is 12.5 Å². The van der Waals surface area contributed by atoms with E-state index >= 15 is 0 Å². The number of alkyl halides is 2. The van der Waals surface area contributed by atoms with Crippen molar-refractivity contribution in [3.8, 4) is 5.75 Å². The summed E-state index contributed by atoms with van der Waals surface area (Å²) in [7, 11) is 0. The minimum absolute atomic E-state index is 0.00304. The first-order valence-corrected chi connectivity index (χ1v) is 7.25. The third-order valence-corrected chi connectivity index (χ3v) is 3.16. The van der Waals surface area contributed by atoms with E-state index in [2.05, 4.69) is 15.4 Å². The Morgan fingerprint density at radius 1 is 1.17 bits per heavy atom. The van der Waals surface area contributed by atoms with Crippen molar-refractivity contribution in [1.29, 1.82) is 0 Å². The van der Waals surface area contributed by atoms with Crippen LogP contribution in [-0.2, 0) is 11.2 Å². The molecule has 0 bridgehead atoms. The van der Waals surface area contributed by atoms with E-state index in [0.29, 0.717) is 11.4 Å². The highest BCUT2D eigenvalue weighted by atomic mass is 19.3. The van der Waals surface area contributed by atoms with E-state index in [1.807, 2.05) is 25.1 Å². The second kappa shape index (κ2) is 8.12. The Hall–Kier alpha value is -2.63.